The van der Waals surface area contributed by atoms with Gasteiger partial charge in [-0.3, -0.25) is 9.59 Å². The molecule has 0 fully saturated rings. The fourth-order valence-corrected chi connectivity index (χ4v) is 4.17. The van der Waals surface area contributed by atoms with Crippen LogP contribution in [0, 0.1) is 19.3 Å². The van der Waals surface area contributed by atoms with Gasteiger partial charge in [-0.1, -0.05) is 35.4 Å². The first-order valence-corrected chi connectivity index (χ1v) is 10.5. The predicted molar refractivity (Wildman–Crippen MR) is 121 cm³/mol. The van der Waals surface area contributed by atoms with Gasteiger partial charge in [-0.15, -0.1) is 0 Å². The lowest BCUT2D eigenvalue weighted by molar-refractivity contribution is -0.168. The van der Waals surface area contributed by atoms with Crippen molar-refractivity contribution < 1.29 is 19.1 Å². The monoisotopic (exact) mass is 430 g/mol. The van der Waals surface area contributed by atoms with Crippen molar-refractivity contribution in [1.82, 2.24) is 4.57 Å². The molecule has 0 amide bonds. The van der Waals surface area contributed by atoms with Crippen LogP contribution in [0.25, 0.3) is 5.69 Å². The van der Waals surface area contributed by atoms with Crippen molar-refractivity contribution in [2.24, 2.45) is 10.4 Å². The highest BCUT2D eigenvalue weighted by Crippen LogP contribution is 2.39. The van der Waals surface area contributed by atoms with Gasteiger partial charge in [0.05, 0.1) is 19.9 Å². The van der Waals surface area contributed by atoms with Gasteiger partial charge in [-0.2, -0.15) is 0 Å². The van der Waals surface area contributed by atoms with Gasteiger partial charge in [0.1, 0.15) is 5.49 Å². The number of aromatic nitrogens is 1. The lowest BCUT2D eigenvalue weighted by Crippen LogP contribution is -2.42. The highest BCUT2D eigenvalue weighted by atomic mass is 16.5. The van der Waals surface area contributed by atoms with Crippen molar-refractivity contribution in [3.8, 4) is 5.69 Å². The number of rotatable bonds is 4. The largest absolute Gasteiger partial charge is 0.468 e. The first kappa shape index (κ1) is 21.6. The SMILES string of the molecule is COC(=O)C1(C(=O)OC)Cc2cc(=Nc3ccc(C)cc3)n(-c3ccc(C)cc3)cc2C1. The second-order valence-corrected chi connectivity index (χ2v) is 8.25. The summed E-state index contributed by atoms with van der Waals surface area (Å²) in [5.74, 6) is -1.17. The first-order chi connectivity index (χ1) is 15.4. The molecule has 1 aliphatic rings. The number of hydrogen-bond donors (Lipinski definition) is 0. The number of aryl methyl sites for hydroxylation is 2. The minimum absolute atomic E-state index is 0.215. The van der Waals surface area contributed by atoms with Crippen LogP contribution in [0.4, 0.5) is 5.69 Å². The third-order valence-corrected chi connectivity index (χ3v) is 5.97. The van der Waals surface area contributed by atoms with Crippen LogP contribution in [0.15, 0.2) is 65.8 Å². The Hall–Kier alpha value is -3.67. The van der Waals surface area contributed by atoms with Crippen LogP contribution in [-0.2, 0) is 31.9 Å². The van der Waals surface area contributed by atoms with Gasteiger partial charge in [0.15, 0.2) is 5.41 Å². The summed E-state index contributed by atoms with van der Waals surface area (Å²) in [5, 5.41) is 0. The number of pyridine rings is 1. The molecule has 6 nitrogen and oxygen atoms in total. The summed E-state index contributed by atoms with van der Waals surface area (Å²) in [7, 11) is 2.58. The van der Waals surface area contributed by atoms with Gasteiger partial charge in [0.25, 0.3) is 0 Å². The summed E-state index contributed by atoms with van der Waals surface area (Å²) < 4.78 is 12.0. The molecule has 0 radical (unpaired) electrons. The van der Waals surface area contributed by atoms with Crippen molar-refractivity contribution in [3.05, 3.63) is 88.5 Å². The minimum atomic E-state index is -1.38. The van der Waals surface area contributed by atoms with E-state index >= 15 is 0 Å². The van der Waals surface area contributed by atoms with E-state index in [-0.39, 0.29) is 12.8 Å². The Morgan fingerprint density at radius 1 is 0.844 bits per heavy atom. The molecule has 4 rings (SSSR count). The molecular formula is C26H26N2O4. The van der Waals surface area contributed by atoms with E-state index < -0.39 is 17.4 Å². The number of ether oxygens (including phenoxy) is 2. The number of methoxy groups -OCH3 is 2. The second kappa shape index (κ2) is 8.46. The molecule has 0 spiro atoms. The second-order valence-electron chi connectivity index (χ2n) is 8.25. The number of carbonyl (C=O) groups is 2. The molecule has 32 heavy (non-hydrogen) atoms. The molecule has 0 bridgehead atoms. The maximum Gasteiger partial charge on any atom is 0.323 e. The fraction of sp³-hybridized carbons (Fsp3) is 0.269. The first-order valence-electron chi connectivity index (χ1n) is 10.5. The van der Waals surface area contributed by atoms with E-state index in [2.05, 4.69) is 0 Å². The van der Waals surface area contributed by atoms with Crippen molar-refractivity contribution in [2.45, 2.75) is 26.7 Å². The number of nitrogens with zero attached hydrogens (tertiary/aromatic N) is 2. The van der Waals surface area contributed by atoms with E-state index in [4.69, 9.17) is 14.5 Å². The van der Waals surface area contributed by atoms with E-state index in [1.807, 2.05) is 79.2 Å². The van der Waals surface area contributed by atoms with Crippen LogP contribution < -0.4 is 5.49 Å². The standard InChI is InChI=1S/C26H26N2O4/c1-17-5-9-21(10-6-17)27-23-13-19-14-26(24(29)31-3,25(30)32-4)15-20(19)16-28(23)22-11-7-18(2)8-12-22/h5-13,16H,14-15H2,1-4H3. The molecule has 0 saturated heterocycles. The highest BCUT2D eigenvalue weighted by molar-refractivity contribution is 6.01. The van der Waals surface area contributed by atoms with Crippen LogP contribution in [0.5, 0.6) is 0 Å². The molecule has 6 heteroatoms. The lowest BCUT2D eigenvalue weighted by Gasteiger charge is -2.22. The Bertz CT molecular complexity index is 1220. The number of fused-ring (bicyclic) bond motifs is 1. The van der Waals surface area contributed by atoms with Crippen LogP contribution in [0.3, 0.4) is 0 Å². The molecule has 1 heterocycles. The van der Waals surface area contributed by atoms with Crippen molar-refractivity contribution in [2.75, 3.05) is 14.2 Å². The van der Waals surface area contributed by atoms with Gasteiger partial charge in [-0.25, -0.2) is 4.99 Å². The van der Waals surface area contributed by atoms with E-state index in [0.29, 0.717) is 5.49 Å². The third kappa shape index (κ3) is 3.84. The number of benzene rings is 2. The average molecular weight is 431 g/mol. The zero-order valence-corrected chi connectivity index (χ0v) is 18.7. The number of esters is 2. The quantitative estimate of drug-likeness (QED) is 0.467. The van der Waals surface area contributed by atoms with Crippen molar-refractivity contribution in [1.29, 1.82) is 0 Å². The van der Waals surface area contributed by atoms with Crippen LogP contribution in [0.1, 0.15) is 22.3 Å². The number of carbonyl (C=O) groups excluding carboxylic acids is 2. The summed E-state index contributed by atoms with van der Waals surface area (Å²) in [4.78, 5) is 30.2. The third-order valence-electron chi connectivity index (χ3n) is 5.97. The zero-order chi connectivity index (χ0) is 22.9. The zero-order valence-electron chi connectivity index (χ0n) is 18.7. The maximum atomic E-state index is 12.7. The van der Waals surface area contributed by atoms with Crippen molar-refractivity contribution >= 4 is 17.6 Å². The Morgan fingerprint density at radius 2 is 1.38 bits per heavy atom. The Labute approximate surface area is 187 Å². The molecule has 0 saturated carbocycles. The van der Waals surface area contributed by atoms with E-state index in [1.165, 1.54) is 14.2 Å². The van der Waals surface area contributed by atoms with Crippen LogP contribution in [-0.4, -0.2) is 30.7 Å². The summed E-state index contributed by atoms with van der Waals surface area (Å²) >= 11 is 0. The summed E-state index contributed by atoms with van der Waals surface area (Å²) in [6.45, 7) is 4.07. The molecule has 0 unspecified atom stereocenters. The van der Waals surface area contributed by atoms with Gasteiger partial charge in [0, 0.05) is 18.3 Å². The van der Waals surface area contributed by atoms with Crippen LogP contribution >= 0.6 is 0 Å². The molecule has 0 atom stereocenters. The van der Waals surface area contributed by atoms with Gasteiger partial charge >= 0.3 is 11.9 Å². The molecule has 1 aromatic heterocycles. The Kier molecular flexibility index (Phi) is 5.70. The van der Waals surface area contributed by atoms with Gasteiger partial charge in [0.2, 0.25) is 0 Å². The molecule has 3 aromatic rings. The Morgan fingerprint density at radius 3 is 1.94 bits per heavy atom. The molecule has 2 aromatic carbocycles. The molecular weight excluding hydrogens is 404 g/mol. The summed E-state index contributed by atoms with van der Waals surface area (Å²) in [6.07, 6.45) is 2.39. The minimum Gasteiger partial charge on any atom is -0.468 e. The molecule has 1 aliphatic carbocycles. The van der Waals surface area contributed by atoms with Crippen LogP contribution in [0.2, 0.25) is 0 Å². The highest BCUT2D eigenvalue weighted by Gasteiger charge is 2.52. The fourth-order valence-electron chi connectivity index (χ4n) is 4.17. The number of hydrogen-bond acceptors (Lipinski definition) is 5. The lowest BCUT2D eigenvalue weighted by atomic mass is 9.85. The topological polar surface area (TPSA) is 69.9 Å². The Balaban J connectivity index is 1.90. The van der Waals surface area contributed by atoms with Gasteiger partial charge < -0.3 is 14.0 Å². The maximum absolute atomic E-state index is 12.7. The van der Waals surface area contributed by atoms with E-state index in [0.717, 1.165) is 33.6 Å². The van der Waals surface area contributed by atoms with E-state index in [9.17, 15) is 9.59 Å². The van der Waals surface area contributed by atoms with Crippen molar-refractivity contribution in [3.63, 3.8) is 0 Å². The van der Waals surface area contributed by atoms with Gasteiger partial charge in [-0.05, 0) is 61.7 Å². The summed E-state index contributed by atoms with van der Waals surface area (Å²) in [5.41, 5.74) is 5.19. The molecule has 164 valence electrons. The molecule has 0 N–H and O–H groups in total. The summed E-state index contributed by atoms with van der Waals surface area (Å²) in [6, 6.07) is 18.0. The smallest absolute Gasteiger partial charge is 0.323 e. The average Bonchev–Trinajstić information content (AvgIpc) is 3.19. The predicted octanol–water partition coefficient (Wildman–Crippen LogP) is 3.76. The normalized spacial score (nSPS) is 14.7. The molecule has 0 aliphatic heterocycles. The van der Waals surface area contributed by atoms with E-state index in [1.54, 1.807) is 0 Å².